The molecule has 4 aromatic carbocycles. The molecule has 0 aromatic heterocycles. The molecule has 0 spiro atoms. The molecule has 4 atom stereocenters. The van der Waals surface area contributed by atoms with E-state index in [1.54, 1.807) is 0 Å². The van der Waals surface area contributed by atoms with E-state index in [0.29, 0.717) is 6.61 Å². The first kappa shape index (κ1) is 38.8. The molecule has 0 fully saturated rings. The van der Waals surface area contributed by atoms with Crippen molar-refractivity contribution in [3.8, 4) is 22.3 Å². The molecular formula is C40H48B3IO4P2. The third-order valence-electron chi connectivity index (χ3n) is 8.06. The van der Waals surface area contributed by atoms with E-state index in [1.807, 2.05) is 97.0 Å². The van der Waals surface area contributed by atoms with Crippen LogP contribution in [0.15, 0.2) is 97.1 Å². The predicted molar refractivity (Wildman–Crippen MR) is 229 cm³/mol. The fourth-order valence-corrected chi connectivity index (χ4v) is 7.40. The molecule has 4 aromatic rings. The first-order valence-electron chi connectivity index (χ1n) is 18.3. The number of ether oxygens (including phenoxy) is 2. The van der Waals surface area contributed by atoms with Crippen molar-refractivity contribution < 1.29 is 19.1 Å². The van der Waals surface area contributed by atoms with Crippen LogP contribution in [0.5, 0.6) is 0 Å². The molecule has 6 rings (SSSR count). The number of alkyl halides is 1. The topological polar surface area (TPSA) is 52.6 Å². The Labute approximate surface area is 323 Å². The van der Waals surface area contributed by atoms with Crippen LogP contribution < -0.4 is 0 Å². The van der Waals surface area contributed by atoms with Crippen LogP contribution in [-0.4, -0.2) is 64.5 Å². The highest BCUT2D eigenvalue weighted by molar-refractivity contribution is 14.1. The Morgan fingerprint density at radius 3 is 1.26 bits per heavy atom. The summed E-state index contributed by atoms with van der Waals surface area (Å²) in [6.45, 7) is 17.2. The second-order valence-electron chi connectivity index (χ2n) is 11.5. The molecule has 2 aliphatic rings. The third kappa shape index (κ3) is 11.3. The van der Waals surface area contributed by atoms with E-state index in [0.717, 1.165) is 0 Å². The summed E-state index contributed by atoms with van der Waals surface area (Å²) in [7, 11) is 3.31. The van der Waals surface area contributed by atoms with E-state index in [4.69, 9.17) is 19.9 Å². The first-order chi connectivity index (χ1) is 25.1. The van der Waals surface area contributed by atoms with Gasteiger partial charge in [0.15, 0.2) is 0 Å². The molecule has 4 radical (unpaired) electrons. The average Bonchev–Trinajstić information content (AvgIpc) is 3.66. The van der Waals surface area contributed by atoms with E-state index in [2.05, 4.69) is 71.1 Å². The Balaban J connectivity index is 0.000000257. The number of rotatable bonds is 11. The maximum Gasteiger partial charge on any atom is 0.291 e. The quantitative estimate of drug-likeness (QED) is 0.0655. The molecule has 4 unspecified atom stereocenters. The fourth-order valence-electron chi connectivity index (χ4n) is 5.75. The highest BCUT2D eigenvalue weighted by atomic mass is 127. The van der Waals surface area contributed by atoms with E-state index >= 15 is 0 Å². The van der Waals surface area contributed by atoms with E-state index in [9.17, 15) is 9.59 Å². The van der Waals surface area contributed by atoms with Gasteiger partial charge in [-0.25, -0.2) is 0 Å². The Hall–Kier alpha value is -2.40. The molecule has 0 heterocycles. The maximum absolute atomic E-state index is 12.1. The summed E-state index contributed by atoms with van der Waals surface area (Å²) >= 11 is 2.09. The van der Waals surface area contributed by atoms with Crippen LogP contribution in [0.4, 0.5) is 9.59 Å². The van der Waals surface area contributed by atoms with Gasteiger partial charge in [0.2, 0.25) is 0 Å². The molecule has 0 aliphatic heterocycles. The second kappa shape index (κ2) is 21.8. The normalized spacial score (nSPS) is 15.1. The van der Waals surface area contributed by atoms with Gasteiger partial charge in [0, 0.05) is 14.4 Å². The number of hydrogen-bond donors (Lipinski definition) is 0. The Bertz CT molecular complexity index is 1660. The summed E-state index contributed by atoms with van der Waals surface area (Å²) in [4.78, 5) is 24.1. The molecule has 10 heteroatoms. The largest absolute Gasteiger partial charge is 0.473 e. The zero-order valence-electron chi connectivity index (χ0n) is 32.2. The van der Waals surface area contributed by atoms with Crippen molar-refractivity contribution in [1.82, 2.24) is 0 Å². The molecule has 0 amide bonds. The van der Waals surface area contributed by atoms with Crippen molar-refractivity contribution in [3.63, 3.8) is 0 Å². The minimum atomic E-state index is -1.33. The Kier molecular flexibility index (Phi) is 17.0. The van der Waals surface area contributed by atoms with Gasteiger partial charge < -0.3 is 9.47 Å². The smallest absolute Gasteiger partial charge is 0.291 e. The molecule has 4 nitrogen and oxygen atoms in total. The number of hydrogen-bond acceptors (Lipinski definition) is 4. The summed E-state index contributed by atoms with van der Waals surface area (Å²) in [5.41, 5.74) is 9.76. The summed E-state index contributed by atoms with van der Waals surface area (Å²) in [6.07, 6.45) is 0. The van der Waals surface area contributed by atoms with Crippen molar-refractivity contribution in [2.24, 2.45) is 0 Å². The van der Waals surface area contributed by atoms with Crippen LogP contribution in [0.2, 0.25) is 0 Å². The number of benzene rings is 4. The molecule has 0 saturated heterocycles. The van der Waals surface area contributed by atoms with E-state index in [1.165, 1.54) is 58.5 Å². The van der Waals surface area contributed by atoms with Crippen molar-refractivity contribution in [3.05, 3.63) is 119 Å². The summed E-state index contributed by atoms with van der Waals surface area (Å²) < 4.78 is 26.8. The first-order valence-corrected chi connectivity index (χ1v) is 20.7. The van der Waals surface area contributed by atoms with Crippen molar-refractivity contribution >= 4 is 73.0 Å². The van der Waals surface area contributed by atoms with Crippen LogP contribution in [0.1, 0.15) is 82.6 Å². The van der Waals surface area contributed by atoms with Gasteiger partial charge in [-0.2, -0.15) is 0 Å². The summed E-state index contributed by atoms with van der Waals surface area (Å²) in [6, 6.07) is 33.0. The van der Waals surface area contributed by atoms with Crippen LogP contribution in [0.3, 0.4) is 0 Å². The van der Waals surface area contributed by atoms with E-state index in [-0.39, 0.29) is 39.5 Å². The second-order valence-corrected chi connectivity index (χ2v) is 15.9. The van der Waals surface area contributed by atoms with Crippen LogP contribution in [-0.2, 0) is 9.47 Å². The molecule has 0 saturated carbocycles. The molecule has 2 aliphatic carbocycles. The molecule has 258 valence electrons. The Morgan fingerprint density at radius 1 is 0.660 bits per heavy atom. The minimum absolute atomic E-state index is 0.0453. The van der Waals surface area contributed by atoms with Crippen LogP contribution >= 0.6 is 39.4 Å². The van der Waals surface area contributed by atoms with Gasteiger partial charge in [-0.1, -0.05) is 168 Å². The van der Waals surface area contributed by atoms with Gasteiger partial charge in [0.25, 0.3) is 25.7 Å². The summed E-state index contributed by atoms with van der Waals surface area (Å²) in [5, 5.41) is 0. The lowest BCUT2D eigenvalue weighted by Gasteiger charge is -2.16. The number of carbonyl (C=O) groups excluding carboxylic acids is 2. The molecule has 0 N–H and O–H groups in total. The van der Waals surface area contributed by atoms with E-state index < -0.39 is 22.7 Å². The highest BCUT2D eigenvalue weighted by Crippen LogP contribution is 2.45. The Morgan fingerprint density at radius 2 is 0.960 bits per heavy atom. The minimum Gasteiger partial charge on any atom is -0.473 e. The zero-order valence-corrected chi connectivity index (χ0v) is 34.1. The van der Waals surface area contributed by atoms with Crippen LogP contribution in [0.25, 0.3) is 22.3 Å². The van der Waals surface area contributed by atoms with Gasteiger partial charge in [-0.3, -0.25) is 9.59 Å². The molecule has 50 heavy (non-hydrogen) atoms. The molecule has 0 bridgehead atoms. The highest BCUT2D eigenvalue weighted by Gasteiger charge is 2.30. The zero-order chi connectivity index (χ0) is 38.4. The van der Waals surface area contributed by atoms with Crippen molar-refractivity contribution in [2.45, 2.75) is 75.4 Å². The van der Waals surface area contributed by atoms with Gasteiger partial charge in [-0.05, 0) is 59.6 Å². The molecular weight excluding hydrogens is 766 g/mol. The van der Waals surface area contributed by atoms with Gasteiger partial charge in [0.1, 0.15) is 13.2 Å². The maximum atomic E-state index is 12.1. The SMILES string of the molecule is CC.CC.[2H]P([B]C(=O)OCC1c2ccccc2-c2ccccc21)C(C)C.[2H]P([B]C(=O)OCC1c2ccccc2-c2ccccc21)C(C)C([B])I. The predicted octanol–water partition coefficient (Wildman–Crippen LogP) is 11.2. The monoisotopic (exact) mass is 816 g/mol. The fraction of sp³-hybridized carbons (Fsp3) is 0.350. The van der Waals surface area contributed by atoms with Crippen molar-refractivity contribution in [1.29, 1.82) is 2.56 Å². The number of carbonyl (C=O) groups is 2. The number of halogens is 1. The lowest BCUT2D eigenvalue weighted by Crippen LogP contribution is -2.18. The van der Waals surface area contributed by atoms with Crippen molar-refractivity contribution in [2.75, 3.05) is 13.2 Å². The third-order valence-corrected chi connectivity index (χ3v) is 11.8. The standard InChI is InChI=1S/C18H17B2IO2P.C18H19BO2P.2C2H6/c1-11(17(19)21)24-20-18(22)23-10-16-14-8-4-2-6-12(14)13-7-3-5-9-15(13)16;1-12(2)22-19-18(20)21-11-17-15-9-5-3-7-13(15)14-8-4-6-10-16(14)17;2*1-2/h2-9,11,16-17,24H,10H2,1H3;3-10,12,17,22H,11H2,1-2H3;2*1-2H3/i24D;22D;;. The summed E-state index contributed by atoms with van der Waals surface area (Å²) in [5.74, 6) is -0.671. The van der Waals surface area contributed by atoms with Gasteiger partial charge in [-0.15, -0.1) is 16.8 Å². The van der Waals surface area contributed by atoms with Gasteiger partial charge in [0.05, 0.1) is 7.85 Å². The lowest BCUT2D eigenvalue weighted by molar-refractivity contribution is 0.168. The average molecular weight is 816 g/mol. The number of fused-ring (bicyclic) bond motifs is 6. The van der Waals surface area contributed by atoms with Crippen LogP contribution in [0, 0.1) is 0 Å². The van der Waals surface area contributed by atoms with Gasteiger partial charge >= 0.3 is 0 Å². The lowest BCUT2D eigenvalue weighted by atomic mass is 9.98.